The first-order valence-corrected chi connectivity index (χ1v) is 11.9. The lowest BCUT2D eigenvalue weighted by Gasteiger charge is -2.21. The summed E-state index contributed by atoms with van der Waals surface area (Å²) in [5.41, 5.74) is 3.07. The van der Waals surface area contributed by atoms with Crippen molar-refractivity contribution in [3.63, 3.8) is 0 Å². The highest BCUT2D eigenvalue weighted by molar-refractivity contribution is 6.33. The van der Waals surface area contributed by atoms with E-state index in [0.29, 0.717) is 28.5 Å². The highest BCUT2D eigenvalue weighted by atomic mass is 35.5. The van der Waals surface area contributed by atoms with E-state index in [-0.39, 0.29) is 23.4 Å². The standard InChI is InChI=1S/C26H34ClN3O4/c1-8-10-15-32-25(31)34-18(4)33-24(23-22(27)17(3)29-30(23)9-2)21(16-28)19-11-13-20(14-12-19)26(5,6)7/h11-14,18H,8-10,15H2,1-7H3/b24-21-. The molecule has 1 aromatic heterocycles. The Kier molecular flexibility index (Phi) is 9.57. The third kappa shape index (κ3) is 6.77. The fourth-order valence-corrected chi connectivity index (χ4v) is 3.50. The number of halogens is 1. The predicted octanol–water partition coefficient (Wildman–Crippen LogP) is 6.87. The van der Waals surface area contributed by atoms with Gasteiger partial charge in [-0.1, -0.05) is 70.0 Å². The molecule has 7 nitrogen and oxygen atoms in total. The van der Waals surface area contributed by atoms with E-state index in [9.17, 15) is 10.1 Å². The van der Waals surface area contributed by atoms with Crippen molar-refractivity contribution in [3.05, 3.63) is 51.8 Å². The van der Waals surface area contributed by atoms with Crippen molar-refractivity contribution in [2.24, 2.45) is 0 Å². The summed E-state index contributed by atoms with van der Waals surface area (Å²) in [4.78, 5) is 12.0. The average molecular weight is 488 g/mol. The first kappa shape index (κ1) is 27.3. The molecule has 0 fully saturated rings. The van der Waals surface area contributed by atoms with Gasteiger partial charge in [-0.15, -0.1) is 0 Å². The largest absolute Gasteiger partial charge is 0.511 e. The van der Waals surface area contributed by atoms with E-state index in [4.69, 9.17) is 25.8 Å². The van der Waals surface area contributed by atoms with Crippen molar-refractivity contribution >= 4 is 29.1 Å². The molecule has 2 aromatic rings. The summed E-state index contributed by atoms with van der Waals surface area (Å²) in [6.45, 7) is 14.4. The van der Waals surface area contributed by atoms with Crippen LogP contribution in [-0.4, -0.2) is 28.8 Å². The quantitative estimate of drug-likeness (QED) is 0.126. The van der Waals surface area contributed by atoms with E-state index in [0.717, 1.165) is 18.4 Å². The summed E-state index contributed by atoms with van der Waals surface area (Å²) >= 11 is 6.60. The van der Waals surface area contributed by atoms with Crippen LogP contribution in [0.15, 0.2) is 24.3 Å². The van der Waals surface area contributed by atoms with Crippen molar-refractivity contribution in [3.8, 4) is 6.07 Å². The van der Waals surface area contributed by atoms with E-state index in [1.54, 1.807) is 18.5 Å². The molecule has 0 N–H and O–H groups in total. The molecule has 0 amide bonds. The van der Waals surface area contributed by atoms with E-state index in [2.05, 4.69) is 31.9 Å². The van der Waals surface area contributed by atoms with Gasteiger partial charge in [-0.3, -0.25) is 4.68 Å². The van der Waals surface area contributed by atoms with Gasteiger partial charge in [-0.05, 0) is 36.8 Å². The third-order valence-corrected chi connectivity index (χ3v) is 5.66. The maximum atomic E-state index is 12.0. The lowest BCUT2D eigenvalue weighted by molar-refractivity contribution is -0.0672. The lowest BCUT2D eigenvalue weighted by atomic mass is 9.86. The van der Waals surface area contributed by atoms with Crippen LogP contribution in [-0.2, 0) is 26.2 Å². The summed E-state index contributed by atoms with van der Waals surface area (Å²) in [5, 5.41) is 15.0. The Bertz CT molecular complexity index is 1060. The number of hydrogen-bond acceptors (Lipinski definition) is 6. The van der Waals surface area contributed by atoms with E-state index >= 15 is 0 Å². The highest BCUT2D eigenvalue weighted by Crippen LogP contribution is 2.35. The van der Waals surface area contributed by atoms with Crippen LogP contribution in [0, 0.1) is 18.3 Å². The minimum Gasteiger partial charge on any atom is -0.451 e. The Labute approximate surface area is 207 Å². The first-order valence-electron chi connectivity index (χ1n) is 11.5. The molecule has 0 aliphatic carbocycles. The molecule has 1 unspecified atom stereocenters. The van der Waals surface area contributed by atoms with Crippen LogP contribution in [0.25, 0.3) is 11.3 Å². The monoisotopic (exact) mass is 487 g/mol. The number of hydrogen-bond donors (Lipinski definition) is 0. The molecule has 0 saturated heterocycles. The molecule has 0 radical (unpaired) electrons. The van der Waals surface area contributed by atoms with Crippen LogP contribution >= 0.6 is 11.6 Å². The van der Waals surface area contributed by atoms with Crippen LogP contribution < -0.4 is 0 Å². The SMILES string of the molecule is CCCCOC(=O)OC(C)O/C(=C(/C#N)c1ccc(C(C)(C)C)cc1)c1c(Cl)c(C)nn1CC. The van der Waals surface area contributed by atoms with Crippen molar-refractivity contribution in [2.45, 2.75) is 79.6 Å². The zero-order valence-corrected chi connectivity index (χ0v) is 21.8. The Morgan fingerprint density at radius 3 is 2.38 bits per heavy atom. The zero-order chi connectivity index (χ0) is 25.5. The number of allylic oxidation sites excluding steroid dienone is 1. The summed E-state index contributed by atoms with van der Waals surface area (Å²) in [5.74, 6) is 0.187. The molecule has 8 heteroatoms. The van der Waals surface area contributed by atoms with Gasteiger partial charge in [0.2, 0.25) is 6.29 Å². The second kappa shape index (κ2) is 11.9. The molecular weight excluding hydrogens is 454 g/mol. The number of carbonyl (C=O) groups is 1. The maximum absolute atomic E-state index is 12.0. The molecule has 0 spiro atoms. The number of aryl methyl sites for hydroxylation is 2. The van der Waals surface area contributed by atoms with Crippen LogP contribution in [0.4, 0.5) is 4.79 Å². The minimum atomic E-state index is -1.03. The molecule has 0 aliphatic heterocycles. The van der Waals surface area contributed by atoms with E-state index in [1.807, 2.05) is 38.1 Å². The highest BCUT2D eigenvalue weighted by Gasteiger charge is 2.26. The average Bonchev–Trinajstić information content (AvgIpc) is 3.07. The predicted molar refractivity (Wildman–Crippen MR) is 133 cm³/mol. The van der Waals surface area contributed by atoms with Crippen molar-refractivity contribution < 1.29 is 19.0 Å². The second-order valence-electron chi connectivity index (χ2n) is 8.96. The van der Waals surface area contributed by atoms with Crippen molar-refractivity contribution in [1.82, 2.24) is 9.78 Å². The Morgan fingerprint density at radius 2 is 1.85 bits per heavy atom. The Balaban J connectivity index is 2.53. The molecular formula is C26H34ClN3O4. The Morgan fingerprint density at radius 1 is 1.21 bits per heavy atom. The summed E-state index contributed by atoms with van der Waals surface area (Å²) in [6, 6.07) is 9.97. The number of aromatic nitrogens is 2. The number of benzene rings is 1. The van der Waals surface area contributed by atoms with Gasteiger partial charge >= 0.3 is 6.16 Å². The smallest absolute Gasteiger partial charge is 0.451 e. The van der Waals surface area contributed by atoms with Gasteiger partial charge in [0.05, 0.1) is 17.3 Å². The summed E-state index contributed by atoms with van der Waals surface area (Å²) in [6.07, 6.45) is -0.231. The number of nitriles is 1. The van der Waals surface area contributed by atoms with Gasteiger partial charge in [0.1, 0.15) is 17.3 Å². The third-order valence-electron chi connectivity index (χ3n) is 5.21. The molecule has 2 rings (SSSR count). The van der Waals surface area contributed by atoms with Crippen LogP contribution in [0.1, 0.15) is 76.9 Å². The zero-order valence-electron chi connectivity index (χ0n) is 21.1. The van der Waals surface area contributed by atoms with Crippen LogP contribution in [0.2, 0.25) is 5.02 Å². The van der Waals surface area contributed by atoms with E-state index < -0.39 is 12.4 Å². The number of ether oxygens (including phenoxy) is 3. The number of rotatable bonds is 9. The number of carbonyl (C=O) groups excluding carboxylic acids is 1. The fraction of sp³-hybridized carbons (Fsp3) is 0.500. The molecule has 0 bridgehead atoms. The topological polar surface area (TPSA) is 86.4 Å². The number of nitrogens with zero attached hydrogens (tertiary/aromatic N) is 3. The molecule has 34 heavy (non-hydrogen) atoms. The lowest BCUT2D eigenvalue weighted by Crippen LogP contribution is -2.20. The molecule has 1 aromatic carbocycles. The van der Waals surface area contributed by atoms with Gasteiger partial charge in [-0.2, -0.15) is 10.4 Å². The molecule has 184 valence electrons. The molecule has 0 saturated carbocycles. The van der Waals surface area contributed by atoms with E-state index in [1.165, 1.54) is 0 Å². The molecule has 0 aliphatic rings. The normalized spacial score (nSPS) is 13.0. The molecule has 1 heterocycles. The Hall–Kier alpha value is -2.98. The van der Waals surface area contributed by atoms with Gasteiger partial charge < -0.3 is 14.2 Å². The minimum absolute atomic E-state index is 0.0316. The van der Waals surface area contributed by atoms with Gasteiger partial charge in [0.25, 0.3) is 0 Å². The second-order valence-corrected chi connectivity index (χ2v) is 9.34. The fourth-order valence-electron chi connectivity index (χ4n) is 3.28. The van der Waals surface area contributed by atoms with Crippen molar-refractivity contribution in [1.29, 1.82) is 5.26 Å². The molecule has 1 atom stereocenters. The summed E-state index contributed by atoms with van der Waals surface area (Å²) < 4.78 is 18.0. The number of unbranched alkanes of at least 4 members (excludes halogenated alkanes) is 1. The maximum Gasteiger partial charge on any atom is 0.511 e. The summed E-state index contributed by atoms with van der Waals surface area (Å²) in [7, 11) is 0. The van der Waals surface area contributed by atoms with Crippen LogP contribution in [0.3, 0.4) is 0 Å². The van der Waals surface area contributed by atoms with Gasteiger partial charge in [0.15, 0.2) is 5.76 Å². The first-order chi connectivity index (χ1) is 16.0. The van der Waals surface area contributed by atoms with Crippen LogP contribution in [0.5, 0.6) is 0 Å². The van der Waals surface area contributed by atoms with Gasteiger partial charge in [-0.25, -0.2) is 4.79 Å². The van der Waals surface area contributed by atoms with Gasteiger partial charge in [0, 0.05) is 13.5 Å². The van der Waals surface area contributed by atoms with Crippen molar-refractivity contribution in [2.75, 3.05) is 6.61 Å².